The Labute approximate surface area is 109 Å². The third-order valence-electron chi connectivity index (χ3n) is 3.09. The fourth-order valence-electron chi connectivity index (χ4n) is 2.23. The van der Waals surface area contributed by atoms with E-state index in [9.17, 15) is 10.1 Å². The Hall–Kier alpha value is -2.63. The van der Waals surface area contributed by atoms with E-state index < -0.39 is 0 Å². The molecular weight excluding hydrogens is 244 g/mol. The molecule has 0 unspecified atom stereocenters. The number of nitro groups is 1. The van der Waals surface area contributed by atoms with Gasteiger partial charge in [0.2, 0.25) is 0 Å². The number of nitrogens with zero attached hydrogens (tertiary/aromatic N) is 4. The van der Waals surface area contributed by atoms with E-state index in [1.54, 1.807) is 16.8 Å². The van der Waals surface area contributed by atoms with E-state index in [0.717, 1.165) is 11.2 Å². The van der Waals surface area contributed by atoms with Crippen LogP contribution in [0.4, 0.5) is 5.69 Å². The van der Waals surface area contributed by atoms with Gasteiger partial charge in [-0.1, -0.05) is 6.07 Å². The van der Waals surface area contributed by atoms with Crippen molar-refractivity contribution in [1.29, 1.82) is 0 Å². The van der Waals surface area contributed by atoms with Crippen molar-refractivity contribution in [2.45, 2.75) is 6.54 Å². The molecule has 3 aromatic rings. The number of non-ortho nitro benzene ring substituents is 1. The third-order valence-corrected chi connectivity index (χ3v) is 3.09. The van der Waals surface area contributed by atoms with Crippen molar-refractivity contribution in [3.8, 4) is 0 Å². The van der Waals surface area contributed by atoms with Crippen LogP contribution in [-0.2, 0) is 13.6 Å². The number of nitro benzene ring substituents is 1. The maximum absolute atomic E-state index is 11.0. The molecule has 0 atom stereocenters. The second-order valence-corrected chi connectivity index (χ2v) is 4.39. The zero-order chi connectivity index (χ0) is 13.4. The summed E-state index contributed by atoms with van der Waals surface area (Å²) in [5.41, 5.74) is 1.91. The fraction of sp³-hybridized carbons (Fsp3) is 0.154. The lowest BCUT2D eigenvalue weighted by Gasteiger charge is -2.02. The maximum Gasteiger partial charge on any atom is 0.278 e. The summed E-state index contributed by atoms with van der Waals surface area (Å²) < 4.78 is 3.70. The number of aryl methyl sites for hydroxylation is 1. The number of rotatable bonds is 3. The summed E-state index contributed by atoms with van der Waals surface area (Å²) in [6.07, 6.45) is 3.73. The molecule has 2 heterocycles. The molecule has 19 heavy (non-hydrogen) atoms. The van der Waals surface area contributed by atoms with Crippen LogP contribution in [0.3, 0.4) is 0 Å². The predicted molar refractivity (Wildman–Crippen MR) is 70.9 cm³/mol. The summed E-state index contributed by atoms with van der Waals surface area (Å²) in [5.74, 6) is 0. The highest BCUT2D eigenvalue weighted by atomic mass is 16.6. The van der Waals surface area contributed by atoms with Crippen molar-refractivity contribution in [3.05, 3.63) is 58.5 Å². The summed E-state index contributed by atoms with van der Waals surface area (Å²) in [4.78, 5) is 10.6. The van der Waals surface area contributed by atoms with Gasteiger partial charge in [-0.2, -0.15) is 5.10 Å². The molecule has 1 aromatic carbocycles. The van der Waals surface area contributed by atoms with Crippen molar-refractivity contribution in [2.75, 3.05) is 0 Å². The van der Waals surface area contributed by atoms with E-state index in [1.165, 1.54) is 6.07 Å². The molecule has 6 heteroatoms. The van der Waals surface area contributed by atoms with Crippen LogP contribution in [0.2, 0.25) is 0 Å². The summed E-state index contributed by atoms with van der Waals surface area (Å²) in [6, 6.07) is 8.81. The molecule has 2 aromatic heterocycles. The van der Waals surface area contributed by atoms with Crippen LogP contribution >= 0.6 is 0 Å². The van der Waals surface area contributed by atoms with Gasteiger partial charge in [0.15, 0.2) is 0 Å². The van der Waals surface area contributed by atoms with Gasteiger partial charge in [0.1, 0.15) is 0 Å². The van der Waals surface area contributed by atoms with Crippen LogP contribution in [0.1, 0.15) is 5.69 Å². The highest BCUT2D eigenvalue weighted by Crippen LogP contribution is 2.26. The Bertz CT molecular complexity index is 757. The van der Waals surface area contributed by atoms with Crippen LogP contribution in [0, 0.1) is 10.1 Å². The van der Waals surface area contributed by atoms with Gasteiger partial charge in [0, 0.05) is 25.5 Å². The molecule has 0 saturated heterocycles. The molecular formula is C13H12N4O2. The predicted octanol–water partition coefficient (Wildman–Crippen LogP) is 2.33. The van der Waals surface area contributed by atoms with Gasteiger partial charge in [-0.15, -0.1) is 0 Å². The van der Waals surface area contributed by atoms with Gasteiger partial charge in [-0.05, 0) is 18.2 Å². The minimum atomic E-state index is -0.354. The Balaban J connectivity index is 2.06. The molecule has 0 aliphatic rings. The van der Waals surface area contributed by atoms with Crippen molar-refractivity contribution >= 4 is 16.6 Å². The number of benzene rings is 1. The van der Waals surface area contributed by atoms with Crippen molar-refractivity contribution in [1.82, 2.24) is 14.3 Å². The molecule has 0 amide bonds. The quantitative estimate of drug-likeness (QED) is 0.533. The molecule has 0 aliphatic heterocycles. The van der Waals surface area contributed by atoms with Gasteiger partial charge in [-0.25, -0.2) is 0 Å². The first-order valence-electron chi connectivity index (χ1n) is 5.86. The smallest absolute Gasteiger partial charge is 0.278 e. The van der Waals surface area contributed by atoms with Gasteiger partial charge in [0.25, 0.3) is 5.69 Å². The number of fused-ring (bicyclic) bond motifs is 1. The summed E-state index contributed by atoms with van der Waals surface area (Å²) >= 11 is 0. The highest BCUT2D eigenvalue weighted by molar-refractivity contribution is 5.89. The van der Waals surface area contributed by atoms with Gasteiger partial charge < -0.3 is 4.57 Å². The zero-order valence-electron chi connectivity index (χ0n) is 10.4. The molecule has 0 fully saturated rings. The zero-order valence-corrected chi connectivity index (χ0v) is 10.4. The first-order valence-corrected chi connectivity index (χ1v) is 5.86. The minimum Gasteiger partial charge on any atom is -0.341 e. The van der Waals surface area contributed by atoms with Crippen LogP contribution in [-0.4, -0.2) is 19.3 Å². The van der Waals surface area contributed by atoms with Crippen LogP contribution in [0.15, 0.2) is 42.7 Å². The first-order chi connectivity index (χ1) is 9.15. The van der Waals surface area contributed by atoms with Crippen molar-refractivity contribution < 1.29 is 4.92 Å². The molecule has 0 saturated carbocycles. The fourth-order valence-corrected chi connectivity index (χ4v) is 2.23. The Morgan fingerprint density at radius 3 is 2.79 bits per heavy atom. The van der Waals surface area contributed by atoms with Crippen LogP contribution in [0.5, 0.6) is 0 Å². The molecule has 6 nitrogen and oxygen atoms in total. The third kappa shape index (κ3) is 1.97. The monoisotopic (exact) mass is 256 g/mol. The number of hydrogen-bond donors (Lipinski definition) is 0. The molecule has 0 bridgehead atoms. The molecule has 0 N–H and O–H groups in total. The van der Waals surface area contributed by atoms with E-state index in [-0.39, 0.29) is 10.6 Å². The number of aromatic nitrogens is 3. The molecule has 96 valence electrons. The van der Waals surface area contributed by atoms with Crippen LogP contribution in [0.25, 0.3) is 10.9 Å². The Morgan fingerprint density at radius 2 is 2.11 bits per heavy atom. The average Bonchev–Trinajstić information content (AvgIpc) is 2.97. The minimum absolute atomic E-state index is 0.136. The van der Waals surface area contributed by atoms with E-state index in [1.807, 2.05) is 36.1 Å². The van der Waals surface area contributed by atoms with E-state index in [0.29, 0.717) is 11.9 Å². The first kappa shape index (κ1) is 11.5. The topological polar surface area (TPSA) is 65.9 Å². The normalized spacial score (nSPS) is 11.0. The van der Waals surface area contributed by atoms with Crippen LogP contribution < -0.4 is 0 Å². The lowest BCUT2D eigenvalue weighted by atomic mass is 10.2. The van der Waals surface area contributed by atoms with E-state index in [2.05, 4.69) is 5.10 Å². The summed E-state index contributed by atoms with van der Waals surface area (Å²) in [6.45, 7) is 0.603. The van der Waals surface area contributed by atoms with E-state index in [4.69, 9.17) is 0 Å². The van der Waals surface area contributed by atoms with Crippen molar-refractivity contribution in [2.24, 2.45) is 7.05 Å². The molecule has 0 aliphatic carbocycles. The molecule has 3 rings (SSSR count). The molecule has 0 spiro atoms. The summed E-state index contributed by atoms with van der Waals surface area (Å²) in [7, 11) is 1.86. The van der Waals surface area contributed by atoms with E-state index >= 15 is 0 Å². The number of hydrogen-bond acceptors (Lipinski definition) is 3. The average molecular weight is 256 g/mol. The Kier molecular flexibility index (Phi) is 2.56. The second kappa shape index (κ2) is 4.24. The largest absolute Gasteiger partial charge is 0.341 e. The standard InChI is InChI=1S/C13H12N4O2/c1-15-7-5-10(14-15)9-16-8-6-11-12(16)3-2-4-13(11)17(18)19/h2-8H,9H2,1H3. The second-order valence-electron chi connectivity index (χ2n) is 4.39. The highest BCUT2D eigenvalue weighted by Gasteiger charge is 2.13. The SMILES string of the molecule is Cn1ccc(Cn2ccc3c([N+](=O)[O-])cccc32)n1. The maximum atomic E-state index is 11.0. The Morgan fingerprint density at radius 1 is 1.26 bits per heavy atom. The summed E-state index contributed by atoms with van der Waals surface area (Å²) in [5, 5.41) is 15.9. The molecule has 0 radical (unpaired) electrons. The van der Waals surface area contributed by atoms with Crippen molar-refractivity contribution in [3.63, 3.8) is 0 Å². The van der Waals surface area contributed by atoms with Gasteiger partial charge in [-0.3, -0.25) is 14.8 Å². The van der Waals surface area contributed by atoms with Gasteiger partial charge in [0.05, 0.1) is 28.1 Å². The lowest BCUT2D eigenvalue weighted by Crippen LogP contribution is -2.00. The van der Waals surface area contributed by atoms with Gasteiger partial charge >= 0.3 is 0 Å². The lowest BCUT2D eigenvalue weighted by molar-refractivity contribution is -0.383.